The molecule has 2 aliphatic rings. The molecule has 6 heteroatoms. The Kier molecular flexibility index (Phi) is 6.81. The Bertz CT molecular complexity index is 736. The van der Waals surface area contributed by atoms with Gasteiger partial charge in [-0.2, -0.15) is 0 Å². The fourth-order valence-electron chi connectivity index (χ4n) is 4.28. The van der Waals surface area contributed by atoms with Gasteiger partial charge in [-0.15, -0.1) is 0 Å². The van der Waals surface area contributed by atoms with Crippen LogP contribution >= 0.6 is 0 Å². The van der Waals surface area contributed by atoms with E-state index in [9.17, 15) is 9.59 Å². The Hall–Kier alpha value is -2.24. The minimum absolute atomic E-state index is 0.0367. The number of allylic oxidation sites excluding steroid dienone is 2. The Labute approximate surface area is 167 Å². The molecule has 0 aromatic carbocycles. The fourth-order valence-corrected chi connectivity index (χ4v) is 4.28. The second kappa shape index (κ2) is 9.30. The molecule has 152 valence electrons. The van der Waals surface area contributed by atoms with Gasteiger partial charge in [-0.1, -0.05) is 12.2 Å². The van der Waals surface area contributed by atoms with E-state index >= 15 is 0 Å². The third-order valence-corrected chi connectivity index (χ3v) is 5.96. The first-order chi connectivity index (χ1) is 13.4. The average molecular weight is 385 g/mol. The molecule has 1 N–H and O–H groups in total. The van der Waals surface area contributed by atoms with Crippen molar-refractivity contribution in [3.05, 3.63) is 35.4 Å². The van der Waals surface area contributed by atoms with E-state index < -0.39 is 0 Å². The van der Waals surface area contributed by atoms with Gasteiger partial charge >= 0.3 is 0 Å². The second-order valence-corrected chi connectivity index (χ2v) is 8.41. The van der Waals surface area contributed by atoms with Crippen LogP contribution in [0.15, 0.2) is 18.3 Å². The number of carbonyl (C=O) groups excluding carboxylic acids is 2. The van der Waals surface area contributed by atoms with E-state index in [2.05, 4.69) is 27.4 Å². The van der Waals surface area contributed by atoms with Gasteiger partial charge in [-0.05, 0) is 57.3 Å². The van der Waals surface area contributed by atoms with Crippen molar-refractivity contribution < 1.29 is 9.59 Å². The van der Waals surface area contributed by atoms with Gasteiger partial charge in [0.15, 0.2) is 0 Å². The lowest BCUT2D eigenvalue weighted by atomic mass is 9.79. The average Bonchev–Trinajstić information content (AvgIpc) is 3.19. The summed E-state index contributed by atoms with van der Waals surface area (Å²) in [7, 11) is 3.51. The van der Waals surface area contributed by atoms with Crippen LogP contribution in [0.2, 0.25) is 0 Å². The maximum absolute atomic E-state index is 12.5. The van der Waals surface area contributed by atoms with Crippen LogP contribution in [0.3, 0.4) is 0 Å². The van der Waals surface area contributed by atoms with E-state index in [1.54, 1.807) is 25.2 Å². The lowest BCUT2D eigenvalue weighted by molar-refractivity contribution is -0.121. The maximum Gasteiger partial charge on any atom is 0.256 e. The van der Waals surface area contributed by atoms with E-state index in [0.29, 0.717) is 29.6 Å². The largest absolute Gasteiger partial charge is 0.356 e. The molecule has 28 heavy (non-hydrogen) atoms. The summed E-state index contributed by atoms with van der Waals surface area (Å²) >= 11 is 0. The molecule has 0 aliphatic heterocycles. The molecular formula is C22H32N4O2. The van der Waals surface area contributed by atoms with Crippen molar-refractivity contribution in [1.29, 1.82) is 0 Å². The number of nitrogens with zero attached hydrogens (tertiary/aromatic N) is 3. The zero-order valence-corrected chi connectivity index (χ0v) is 17.3. The highest BCUT2D eigenvalue weighted by molar-refractivity contribution is 5.94. The molecule has 1 aromatic rings. The summed E-state index contributed by atoms with van der Waals surface area (Å²) in [5, 5.41) is 3.13. The van der Waals surface area contributed by atoms with Gasteiger partial charge in [0.05, 0.1) is 11.3 Å². The zero-order chi connectivity index (χ0) is 20.1. The number of amides is 2. The summed E-state index contributed by atoms with van der Waals surface area (Å²) in [6, 6.07) is 0. The van der Waals surface area contributed by atoms with Crippen LogP contribution in [0, 0.1) is 18.8 Å². The normalized spacial score (nSPS) is 24.2. The summed E-state index contributed by atoms with van der Waals surface area (Å²) in [5.41, 5.74) is 1.51. The van der Waals surface area contributed by atoms with E-state index in [-0.39, 0.29) is 17.7 Å². The number of hydrogen-bond donors (Lipinski definition) is 1. The number of rotatable bonds is 6. The number of nitrogens with one attached hydrogen (secondary N) is 1. The third-order valence-electron chi connectivity index (χ3n) is 5.96. The van der Waals surface area contributed by atoms with Crippen LogP contribution in [0.4, 0.5) is 0 Å². The molecular weight excluding hydrogens is 352 g/mol. The molecule has 1 heterocycles. The molecule has 6 nitrogen and oxygen atoms in total. The van der Waals surface area contributed by atoms with Crippen molar-refractivity contribution in [3.8, 4) is 0 Å². The molecule has 0 radical (unpaired) electrons. The Balaban J connectivity index is 1.52. The predicted molar refractivity (Wildman–Crippen MR) is 109 cm³/mol. The van der Waals surface area contributed by atoms with Gasteiger partial charge in [-0.25, -0.2) is 9.97 Å². The number of aromatic nitrogens is 2. The van der Waals surface area contributed by atoms with Crippen molar-refractivity contribution in [3.63, 3.8) is 0 Å². The zero-order valence-electron chi connectivity index (χ0n) is 17.3. The van der Waals surface area contributed by atoms with Crippen molar-refractivity contribution in [2.45, 2.75) is 57.8 Å². The molecule has 0 spiro atoms. The van der Waals surface area contributed by atoms with Crippen LogP contribution < -0.4 is 5.32 Å². The van der Waals surface area contributed by atoms with E-state index in [1.807, 2.05) is 6.92 Å². The van der Waals surface area contributed by atoms with Gasteiger partial charge in [0.1, 0.15) is 5.82 Å². The minimum atomic E-state index is -0.0367. The summed E-state index contributed by atoms with van der Waals surface area (Å²) < 4.78 is 0. The quantitative estimate of drug-likeness (QED) is 0.764. The summed E-state index contributed by atoms with van der Waals surface area (Å²) in [6.45, 7) is 2.63. The molecule has 1 atom stereocenters. The van der Waals surface area contributed by atoms with Gasteiger partial charge in [0.25, 0.3) is 5.91 Å². The Morgan fingerprint density at radius 2 is 1.93 bits per heavy atom. The summed E-state index contributed by atoms with van der Waals surface area (Å²) in [5.74, 6) is 2.06. The fraction of sp³-hybridized carbons (Fsp3) is 0.636. The first kappa shape index (κ1) is 20.5. The standard InChI is InChI=1S/C22H32N4O2/c1-15-23-14-19(22(28)26(2)3)21(25-15)18-10-8-17(9-11-18)13-24-20(27)12-16-6-4-5-7-16/h4,6,14,16-18H,5,7-13H2,1-3H3,(H,24,27). The Morgan fingerprint density at radius 1 is 1.18 bits per heavy atom. The second-order valence-electron chi connectivity index (χ2n) is 8.41. The van der Waals surface area contributed by atoms with Gasteiger partial charge in [-0.3, -0.25) is 9.59 Å². The molecule has 0 saturated heterocycles. The van der Waals surface area contributed by atoms with Gasteiger partial charge in [0.2, 0.25) is 5.91 Å². The summed E-state index contributed by atoms with van der Waals surface area (Å²) in [4.78, 5) is 35.1. The maximum atomic E-state index is 12.5. The third kappa shape index (κ3) is 5.18. The van der Waals surface area contributed by atoms with E-state index in [1.165, 1.54) is 0 Å². The lowest BCUT2D eigenvalue weighted by Crippen LogP contribution is -2.32. The van der Waals surface area contributed by atoms with Crippen LogP contribution in [-0.2, 0) is 4.79 Å². The predicted octanol–water partition coefficient (Wildman–Crippen LogP) is 3.23. The molecule has 1 fully saturated rings. The molecule has 1 saturated carbocycles. The molecule has 1 unspecified atom stereocenters. The monoisotopic (exact) mass is 384 g/mol. The highest BCUT2D eigenvalue weighted by atomic mass is 16.2. The highest BCUT2D eigenvalue weighted by Crippen LogP contribution is 2.36. The van der Waals surface area contributed by atoms with Gasteiger partial charge in [0, 0.05) is 39.2 Å². The van der Waals surface area contributed by atoms with Crippen LogP contribution in [-0.4, -0.2) is 47.3 Å². The molecule has 2 aliphatic carbocycles. The van der Waals surface area contributed by atoms with Crippen molar-refractivity contribution in [2.24, 2.45) is 11.8 Å². The van der Waals surface area contributed by atoms with Gasteiger partial charge < -0.3 is 10.2 Å². The minimum Gasteiger partial charge on any atom is -0.356 e. The number of carbonyl (C=O) groups is 2. The molecule has 2 amide bonds. The van der Waals surface area contributed by atoms with E-state index in [0.717, 1.165) is 50.8 Å². The SMILES string of the molecule is Cc1ncc(C(=O)N(C)C)c(C2CCC(CNC(=O)CC3C=CCC3)CC2)n1. The highest BCUT2D eigenvalue weighted by Gasteiger charge is 2.28. The molecule has 1 aromatic heterocycles. The van der Waals surface area contributed by atoms with Crippen LogP contribution in [0.5, 0.6) is 0 Å². The van der Waals surface area contributed by atoms with Crippen LogP contribution in [0.25, 0.3) is 0 Å². The molecule has 0 bridgehead atoms. The molecule has 3 rings (SSSR count). The number of hydrogen-bond acceptors (Lipinski definition) is 4. The topological polar surface area (TPSA) is 75.2 Å². The summed E-state index contributed by atoms with van der Waals surface area (Å²) in [6.07, 6.45) is 12.9. The smallest absolute Gasteiger partial charge is 0.256 e. The Morgan fingerprint density at radius 3 is 2.57 bits per heavy atom. The lowest BCUT2D eigenvalue weighted by Gasteiger charge is -2.29. The van der Waals surface area contributed by atoms with Crippen molar-refractivity contribution in [2.75, 3.05) is 20.6 Å². The van der Waals surface area contributed by atoms with E-state index in [4.69, 9.17) is 0 Å². The number of aryl methyl sites for hydroxylation is 1. The van der Waals surface area contributed by atoms with Crippen molar-refractivity contribution in [1.82, 2.24) is 20.2 Å². The van der Waals surface area contributed by atoms with Crippen molar-refractivity contribution >= 4 is 11.8 Å². The first-order valence-corrected chi connectivity index (χ1v) is 10.4. The first-order valence-electron chi connectivity index (χ1n) is 10.4. The van der Waals surface area contributed by atoms with Crippen LogP contribution in [0.1, 0.15) is 72.7 Å².